The van der Waals surface area contributed by atoms with E-state index in [1.807, 2.05) is 11.9 Å². The Bertz CT molecular complexity index is 812. The third-order valence-electron chi connectivity index (χ3n) is 4.50. The quantitative estimate of drug-likeness (QED) is 0.817. The van der Waals surface area contributed by atoms with Gasteiger partial charge in [0.15, 0.2) is 6.10 Å². The van der Waals surface area contributed by atoms with Crippen molar-refractivity contribution in [2.75, 3.05) is 38.2 Å². The van der Waals surface area contributed by atoms with Crippen LogP contribution in [-0.4, -0.2) is 58.9 Å². The number of ether oxygens (including phenoxy) is 1. The zero-order valence-electron chi connectivity index (χ0n) is 15.0. The van der Waals surface area contributed by atoms with E-state index in [1.165, 1.54) is 7.11 Å². The number of methoxy groups -OCH3 is 1. The number of carbonyl (C=O) groups is 1. The Kier molecular flexibility index (Phi) is 5.49. The number of hydrogen-bond acceptors (Lipinski definition) is 6. The van der Waals surface area contributed by atoms with Crippen LogP contribution in [-0.2, 0) is 16.6 Å². The molecule has 26 heavy (non-hydrogen) atoms. The molecule has 3 heterocycles. The lowest BCUT2D eigenvalue weighted by atomic mass is 10.1. The number of rotatable bonds is 4. The molecule has 0 aromatic carbocycles. The SMILES string of the molecule is COC(C(=O)N1CCCN(c2ncccc2C#N)CC1)c1cnn(C)c1. The van der Waals surface area contributed by atoms with Gasteiger partial charge in [-0.25, -0.2) is 4.98 Å². The Hall–Kier alpha value is -2.92. The summed E-state index contributed by atoms with van der Waals surface area (Å²) < 4.78 is 7.10. The molecule has 1 fully saturated rings. The zero-order chi connectivity index (χ0) is 18.5. The number of aromatic nitrogens is 3. The van der Waals surface area contributed by atoms with Crippen LogP contribution in [0.3, 0.4) is 0 Å². The molecule has 0 radical (unpaired) electrons. The van der Waals surface area contributed by atoms with Gasteiger partial charge in [0, 0.05) is 58.3 Å². The van der Waals surface area contributed by atoms with Gasteiger partial charge in [-0.05, 0) is 18.6 Å². The summed E-state index contributed by atoms with van der Waals surface area (Å²) >= 11 is 0. The molecule has 1 amide bonds. The van der Waals surface area contributed by atoms with Crippen molar-refractivity contribution in [3.05, 3.63) is 41.9 Å². The molecular formula is C18H22N6O2. The highest BCUT2D eigenvalue weighted by molar-refractivity contribution is 5.82. The summed E-state index contributed by atoms with van der Waals surface area (Å²) in [5.74, 6) is 0.615. The first-order chi connectivity index (χ1) is 12.6. The number of aryl methyl sites for hydroxylation is 1. The number of nitrogens with zero attached hydrogens (tertiary/aromatic N) is 6. The summed E-state index contributed by atoms with van der Waals surface area (Å²) in [5, 5.41) is 13.4. The fourth-order valence-electron chi connectivity index (χ4n) is 3.21. The van der Waals surface area contributed by atoms with Gasteiger partial charge in [0.25, 0.3) is 5.91 Å². The molecule has 2 aromatic rings. The van der Waals surface area contributed by atoms with E-state index in [0.29, 0.717) is 31.0 Å². The molecule has 8 nitrogen and oxygen atoms in total. The van der Waals surface area contributed by atoms with Gasteiger partial charge in [0.05, 0.1) is 11.8 Å². The molecule has 0 spiro atoms. The van der Waals surface area contributed by atoms with Crippen LogP contribution in [0, 0.1) is 11.3 Å². The topological polar surface area (TPSA) is 87.3 Å². The van der Waals surface area contributed by atoms with Crippen molar-refractivity contribution < 1.29 is 9.53 Å². The van der Waals surface area contributed by atoms with Crippen LogP contribution in [0.5, 0.6) is 0 Å². The Balaban J connectivity index is 1.72. The van der Waals surface area contributed by atoms with Gasteiger partial charge < -0.3 is 14.5 Å². The maximum atomic E-state index is 12.9. The summed E-state index contributed by atoms with van der Waals surface area (Å²) in [6, 6.07) is 5.70. The van der Waals surface area contributed by atoms with E-state index in [4.69, 9.17) is 4.74 Å². The van der Waals surface area contributed by atoms with Crippen LogP contribution < -0.4 is 4.90 Å². The molecule has 8 heteroatoms. The van der Waals surface area contributed by atoms with Gasteiger partial charge in [-0.15, -0.1) is 0 Å². The van der Waals surface area contributed by atoms with Crippen LogP contribution in [0.25, 0.3) is 0 Å². The third-order valence-corrected chi connectivity index (χ3v) is 4.50. The minimum atomic E-state index is -0.653. The number of pyridine rings is 1. The normalized spacial score (nSPS) is 16.0. The van der Waals surface area contributed by atoms with Crippen molar-refractivity contribution in [2.24, 2.45) is 7.05 Å². The van der Waals surface area contributed by atoms with Crippen LogP contribution in [0.1, 0.15) is 23.7 Å². The first-order valence-corrected chi connectivity index (χ1v) is 8.54. The van der Waals surface area contributed by atoms with Crippen LogP contribution in [0.15, 0.2) is 30.7 Å². The lowest BCUT2D eigenvalue weighted by Crippen LogP contribution is -2.38. The molecule has 1 aliphatic heterocycles. The second-order valence-electron chi connectivity index (χ2n) is 6.22. The van der Waals surface area contributed by atoms with E-state index >= 15 is 0 Å². The zero-order valence-corrected chi connectivity index (χ0v) is 15.0. The predicted octanol–water partition coefficient (Wildman–Crippen LogP) is 1.11. The van der Waals surface area contributed by atoms with Crippen LogP contribution in [0.4, 0.5) is 5.82 Å². The minimum Gasteiger partial charge on any atom is -0.367 e. The van der Waals surface area contributed by atoms with Crippen LogP contribution >= 0.6 is 0 Å². The van der Waals surface area contributed by atoms with E-state index in [9.17, 15) is 10.1 Å². The van der Waals surface area contributed by atoms with Gasteiger partial charge in [-0.3, -0.25) is 9.48 Å². The molecule has 1 atom stereocenters. The second kappa shape index (κ2) is 7.97. The van der Waals surface area contributed by atoms with Crippen molar-refractivity contribution >= 4 is 11.7 Å². The van der Waals surface area contributed by atoms with E-state index in [1.54, 1.807) is 35.4 Å². The van der Waals surface area contributed by atoms with Gasteiger partial charge >= 0.3 is 0 Å². The Morgan fingerprint density at radius 2 is 2.19 bits per heavy atom. The minimum absolute atomic E-state index is 0.0659. The summed E-state index contributed by atoms with van der Waals surface area (Å²) in [5.41, 5.74) is 1.30. The first-order valence-electron chi connectivity index (χ1n) is 8.54. The monoisotopic (exact) mass is 354 g/mol. The average molecular weight is 354 g/mol. The highest BCUT2D eigenvalue weighted by atomic mass is 16.5. The molecule has 1 aliphatic rings. The number of anilines is 1. The molecule has 2 aromatic heterocycles. The maximum Gasteiger partial charge on any atom is 0.256 e. The standard InChI is InChI=1S/C18H22N6O2/c1-22-13-15(12-21-22)16(26-2)18(25)24-8-4-7-23(9-10-24)17-14(11-19)5-3-6-20-17/h3,5-6,12-13,16H,4,7-10H2,1-2H3. The van der Waals surface area contributed by atoms with Gasteiger partial charge in [0.2, 0.25) is 0 Å². The number of nitriles is 1. The van der Waals surface area contributed by atoms with Gasteiger partial charge in [-0.2, -0.15) is 10.4 Å². The Morgan fingerprint density at radius 3 is 2.88 bits per heavy atom. The van der Waals surface area contributed by atoms with Crippen LogP contribution in [0.2, 0.25) is 0 Å². The number of hydrogen-bond donors (Lipinski definition) is 0. The molecule has 0 N–H and O–H groups in total. The van der Waals surface area contributed by atoms with Crippen molar-refractivity contribution in [1.82, 2.24) is 19.7 Å². The summed E-state index contributed by atoms with van der Waals surface area (Å²) in [7, 11) is 3.34. The first kappa shape index (κ1) is 17.9. The van der Waals surface area contributed by atoms with E-state index in [-0.39, 0.29) is 5.91 Å². The number of carbonyl (C=O) groups excluding carboxylic acids is 1. The van der Waals surface area contributed by atoms with Crippen molar-refractivity contribution in [3.63, 3.8) is 0 Å². The molecule has 1 saturated heterocycles. The molecule has 136 valence electrons. The Labute approximate surface area is 152 Å². The predicted molar refractivity (Wildman–Crippen MR) is 95.3 cm³/mol. The maximum absolute atomic E-state index is 12.9. The third kappa shape index (κ3) is 3.68. The molecule has 0 bridgehead atoms. The van der Waals surface area contributed by atoms with Crippen molar-refractivity contribution in [2.45, 2.75) is 12.5 Å². The molecule has 0 aliphatic carbocycles. The fraction of sp³-hybridized carbons (Fsp3) is 0.444. The molecular weight excluding hydrogens is 332 g/mol. The lowest BCUT2D eigenvalue weighted by Gasteiger charge is -2.25. The van der Waals surface area contributed by atoms with E-state index < -0.39 is 6.10 Å². The fourth-order valence-corrected chi connectivity index (χ4v) is 3.21. The van der Waals surface area contributed by atoms with Gasteiger partial charge in [0.1, 0.15) is 11.9 Å². The van der Waals surface area contributed by atoms with Gasteiger partial charge in [-0.1, -0.05) is 0 Å². The summed E-state index contributed by atoms with van der Waals surface area (Å²) in [6.07, 6.45) is 5.29. The second-order valence-corrected chi connectivity index (χ2v) is 6.22. The molecule has 1 unspecified atom stereocenters. The highest BCUT2D eigenvalue weighted by Crippen LogP contribution is 2.22. The summed E-state index contributed by atoms with van der Waals surface area (Å²) in [4.78, 5) is 21.2. The van der Waals surface area contributed by atoms with Crippen molar-refractivity contribution in [3.8, 4) is 6.07 Å². The molecule has 3 rings (SSSR count). The average Bonchev–Trinajstić information content (AvgIpc) is 2.94. The smallest absolute Gasteiger partial charge is 0.256 e. The molecule has 0 saturated carbocycles. The van der Waals surface area contributed by atoms with E-state index in [0.717, 1.165) is 18.5 Å². The summed E-state index contributed by atoms with van der Waals surface area (Å²) in [6.45, 7) is 2.57. The largest absolute Gasteiger partial charge is 0.367 e. The highest BCUT2D eigenvalue weighted by Gasteiger charge is 2.29. The lowest BCUT2D eigenvalue weighted by molar-refractivity contribution is -0.142. The number of amides is 1. The Morgan fingerprint density at radius 1 is 1.35 bits per heavy atom. The van der Waals surface area contributed by atoms with E-state index in [2.05, 4.69) is 21.1 Å². The van der Waals surface area contributed by atoms with Crippen molar-refractivity contribution in [1.29, 1.82) is 5.26 Å².